The van der Waals surface area contributed by atoms with E-state index in [1.807, 2.05) is 51.1 Å². The van der Waals surface area contributed by atoms with Gasteiger partial charge in [-0.15, -0.1) is 0 Å². The maximum atomic E-state index is 13.6. The van der Waals surface area contributed by atoms with Crippen molar-refractivity contribution in [2.24, 2.45) is 0 Å². The number of amides is 2. The van der Waals surface area contributed by atoms with Crippen LogP contribution >= 0.6 is 11.6 Å². The molecule has 0 radical (unpaired) electrons. The summed E-state index contributed by atoms with van der Waals surface area (Å²) in [6.45, 7) is 5.88. The van der Waals surface area contributed by atoms with Gasteiger partial charge in [-0.2, -0.15) is 0 Å². The summed E-state index contributed by atoms with van der Waals surface area (Å²) in [6.07, 6.45) is 0. The van der Waals surface area contributed by atoms with Gasteiger partial charge in [-0.1, -0.05) is 48.0 Å². The molecule has 2 amide bonds. The Kier molecular flexibility index (Phi) is 5.76. The summed E-state index contributed by atoms with van der Waals surface area (Å²) in [5, 5.41) is 3.72. The van der Waals surface area contributed by atoms with E-state index in [1.54, 1.807) is 30.3 Å². The Morgan fingerprint density at radius 1 is 0.844 bits per heavy atom. The van der Waals surface area contributed by atoms with E-state index in [0.717, 1.165) is 21.6 Å². The van der Waals surface area contributed by atoms with Crippen LogP contribution in [0.5, 0.6) is 5.75 Å². The summed E-state index contributed by atoms with van der Waals surface area (Å²) >= 11 is 6.29. The van der Waals surface area contributed by atoms with Gasteiger partial charge in [-0.05, 0) is 67.3 Å². The molecule has 1 N–H and O–H groups in total. The molecule has 0 bridgehead atoms. The van der Waals surface area contributed by atoms with Crippen LogP contribution in [0.3, 0.4) is 0 Å². The largest absolute Gasteiger partial charge is 0.495 e. The number of halogens is 1. The second kappa shape index (κ2) is 8.52. The number of carbonyl (C=O) groups is 2. The number of benzene rings is 3. The summed E-state index contributed by atoms with van der Waals surface area (Å²) < 4.78 is 5.41. The zero-order valence-corrected chi connectivity index (χ0v) is 19.1. The molecule has 1 heterocycles. The number of nitrogens with one attached hydrogen (secondary N) is 1. The molecule has 0 saturated heterocycles. The van der Waals surface area contributed by atoms with E-state index in [1.165, 1.54) is 7.11 Å². The van der Waals surface area contributed by atoms with Crippen molar-refractivity contribution in [3.8, 4) is 5.75 Å². The lowest BCUT2D eigenvalue weighted by Crippen LogP contribution is -2.32. The molecule has 0 fully saturated rings. The predicted molar refractivity (Wildman–Crippen MR) is 128 cm³/mol. The van der Waals surface area contributed by atoms with E-state index in [2.05, 4.69) is 5.32 Å². The van der Waals surface area contributed by atoms with Gasteiger partial charge >= 0.3 is 0 Å². The van der Waals surface area contributed by atoms with E-state index >= 15 is 0 Å². The van der Waals surface area contributed by atoms with Crippen LogP contribution in [0.15, 0.2) is 66.4 Å². The average Bonchev–Trinajstić information content (AvgIpc) is 3.02. The quantitative estimate of drug-likeness (QED) is 0.513. The van der Waals surface area contributed by atoms with Crippen LogP contribution in [0.25, 0.3) is 5.57 Å². The Morgan fingerprint density at radius 2 is 1.56 bits per heavy atom. The number of anilines is 2. The molecule has 162 valence electrons. The number of methoxy groups -OCH3 is 1. The SMILES string of the molecule is COc1ccccc1N1C(=O)C(Nc2ccc(C)c(Cl)c2)=C(c2ccc(C)c(C)c2)C1=O. The van der Waals surface area contributed by atoms with Gasteiger partial charge < -0.3 is 10.1 Å². The van der Waals surface area contributed by atoms with Crippen LogP contribution in [-0.2, 0) is 9.59 Å². The molecule has 0 aliphatic carbocycles. The minimum atomic E-state index is -0.454. The van der Waals surface area contributed by atoms with Crippen LogP contribution in [0.1, 0.15) is 22.3 Å². The van der Waals surface area contributed by atoms with E-state index in [0.29, 0.717) is 33.3 Å². The van der Waals surface area contributed by atoms with Crippen molar-refractivity contribution in [3.63, 3.8) is 0 Å². The molecule has 0 spiro atoms. The predicted octanol–water partition coefficient (Wildman–Crippen LogP) is 5.67. The molecule has 6 heteroatoms. The van der Waals surface area contributed by atoms with Gasteiger partial charge in [0.05, 0.1) is 18.4 Å². The second-order valence-electron chi connectivity index (χ2n) is 7.76. The Bertz CT molecular complexity index is 1280. The molecule has 0 unspecified atom stereocenters. The molecule has 0 atom stereocenters. The lowest BCUT2D eigenvalue weighted by Gasteiger charge is -2.18. The second-order valence-corrected chi connectivity index (χ2v) is 8.16. The molecule has 3 aromatic rings. The molecule has 0 aromatic heterocycles. The normalized spacial score (nSPS) is 13.7. The maximum absolute atomic E-state index is 13.6. The fraction of sp³-hybridized carbons (Fsp3) is 0.154. The molecule has 1 aliphatic rings. The number of hydrogen-bond acceptors (Lipinski definition) is 4. The third-order valence-electron chi connectivity index (χ3n) is 5.65. The first-order chi connectivity index (χ1) is 15.3. The van der Waals surface area contributed by atoms with Gasteiger partial charge in [0.25, 0.3) is 11.8 Å². The summed E-state index contributed by atoms with van der Waals surface area (Å²) in [5.41, 5.74) is 5.25. The smallest absolute Gasteiger partial charge is 0.282 e. The van der Waals surface area contributed by atoms with E-state index in [9.17, 15) is 9.59 Å². The van der Waals surface area contributed by atoms with Crippen molar-refractivity contribution in [1.29, 1.82) is 0 Å². The van der Waals surface area contributed by atoms with Crippen LogP contribution in [-0.4, -0.2) is 18.9 Å². The number of carbonyl (C=O) groups excluding carboxylic acids is 2. The molecule has 1 aliphatic heterocycles. The van der Waals surface area contributed by atoms with Crippen LogP contribution in [0, 0.1) is 20.8 Å². The van der Waals surface area contributed by atoms with E-state index in [-0.39, 0.29) is 5.70 Å². The van der Waals surface area contributed by atoms with Crippen molar-refractivity contribution >= 4 is 40.4 Å². The lowest BCUT2D eigenvalue weighted by atomic mass is 9.99. The third kappa shape index (κ3) is 3.76. The van der Waals surface area contributed by atoms with Crippen LogP contribution < -0.4 is 15.0 Å². The highest BCUT2D eigenvalue weighted by Gasteiger charge is 2.41. The van der Waals surface area contributed by atoms with Crippen molar-refractivity contribution in [2.75, 3.05) is 17.3 Å². The Labute approximate surface area is 192 Å². The highest BCUT2D eigenvalue weighted by Crippen LogP contribution is 2.38. The highest BCUT2D eigenvalue weighted by atomic mass is 35.5. The van der Waals surface area contributed by atoms with Crippen LogP contribution in [0.4, 0.5) is 11.4 Å². The first kappa shape index (κ1) is 21.7. The lowest BCUT2D eigenvalue weighted by molar-refractivity contribution is -0.120. The Hall–Kier alpha value is -3.57. The number of rotatable bonds is 5. The molecule has 0 saturated carbocycles. The van der Waals surface area contributed by atoms with Crippen molar-refractivity contribution in [3.05, 3.63) is 93.6 Å². The van der Waals surface area contributed by atoms with Gasteiger partial charge in [0, 0.05) is 10.7 Å². The third-order valence-corrected chi connectivity index (χ3v) is 6.05. The fourth-order valence-corrected chi connectivity index (χ4v) is 3.84. The number of ether oxygens (including phenoxy) is 1. The average molecular weight is 447 g/mol. The topological polar surface area (TPSA) is 58.6 Å². The molecule has 3 aromatic carbocycles. The first-order valence-corrected chi connectivity index (χ1v) is 10.6. The zero-order chi connectivity index (χ0) is 23.0. The highest BCUT2D eigenvalue weighted by molar-refractivity contribution is 6.46. The number of nitrogens with zero attached hydrogens (tertiary/aromatic N) is 1. The van der Waals surface area contributed by atoms with Gasteiger partial charge in [0.1, 0.15) is 11.4 Å². The number of imide groups is 1. The van der Waals surface area contributed by atoms with Crippen molar-refractivity contribution < 1.29 is 14.3 Å². The van der Waals surface area contributed by atoms with Gasteiger partial charge in [0.15, 0.2) is 0 Å². The standard InChI is InChI=1S/C26H23ClN2O3/c1-15-9-11-18(13-17(15)3)23-24(28-19-12-10-16(2)20(27)14-19)26(31)29(25(23)30)21-7-5-6-8-22(21)32-4/h5-14,28H,1-4H3. The van der Waals surface area contributed by atoms with Crippen molar-refractivity contribution in [2.45, 2.75) is 20.8 Å². The maximum Gasteiger partial charge on any atom is 0.282 e. The summed E-state index contributed by atoms with van der Waals surface area (Å²) in [7, 11) is 1.51. The van der Waals surface area contributed by atoms with Gasteiger partial charge in [0.2, 0.25) is 0 Å². The number of aryl methyl sites for hydroxylation is 3. The molecule has 32 heavy (non-hydrogen) atoms. The van der Waals surface area contributed by atoms with Gasteiger partial charge in [-0.3, -0.25) is 9.59 Å². The monoisotopic (exact) mass is 446 g/mol. The van der Waals surface area contributed by atoms with E-state index in [4.69, 9.17) is 16.3 Å². The van der Waals surface area contributed by atoms with Crippen molar-refractivity contribution in [1.82, 2.24) is 0 Å². The number of para-hydroxylation sites is 2. The minimum Gasteiger partial charge on any atom is -0.495 e. The molecule has 5 nitrogen and oxygen atoms in total. The zero-order valence-electron chi connectivity index (χ0n) is 18.3. The Balaban J connectivity index is 1.87. The van der Waals surface area contributed by atoms with E-state index < -0.39 is 11.8 Å². The summed E-state index contributed by atoms with van der Waals surface area (Å²) in [5.74, 6) is -0.429. The van der Waals surface area contributed by atoms with Gasteiger partial charge in [-0.25, -0.2) is 4.90 Å². The summed E-state index contributed by atoms with van der Waals surface area (Å²) in [4.78, 5) is 28.4. The summed E-state index contributed by atoms with van der Waals surface area (Å²) in [6, 6.07) is 18.1. The minimum absolute atomic E-state index is 0.198. The molecular formula is C26H23ClN2O3. The molecule has 4 rings (SSSR count). The van der Waals surface area contributed by atoms with Crippen LogP contribution in [0.2, 0.25) is 5.02 Å². The molecular weight excluding hydrogens is 424 g/mol. The first-order valence-electron chi connectivity index (χ1n) is 10.2. The fourth-order valence-electron chi connectivity index (χ4n) is 3.66. The number of hydrogen-bond donors (Lipinski definition) is 1. The Morgan fingerprint density at radius 3 is 2.25 bits per heavy atom.